The molecule has 3 N–H and O–H groups in total. The highest BCUT2D eigenvalue weighted by Crippen LogP contribution is 2.38. The molecule has 0 saturated carbocycles. The molecule has 4 fully saturated rings. The third-order valence-corrected chi connectivity index (χ3v) is 15.4. The summed E-state index contributed by atoms with van der Waals surface area (Å²) in [5.74, 6) is -3.17. The third-order valence-electron chi connectivity index (χ3n) is 14.0. The van der Waals surface area contributed by atoms with Gasteiger partial charge in [-0.25, -0.2) is 18.2 Å². The monoisotopic (exact) mass is 908 g/mol. The van der Waals surface area contributed by atoms with Crippen molar-refractivity contribution in [3.63, 3.8) is 0 Å². The second-order valence-corrected chi connectivity index (χ2v) is 19.4. The van der Waals surface area contributed by atoms with Gasteiger partial charge in [0, 0.05) is 98.1 Å². The highest BCUT2D eigenvalue weighted by molar-refractivity contribution is 7.90. The average Bonchev–Trinajstić information content (AvgIpc) is 4.04. The van der Waals surface area contributed by atoms with E-state index >= 15 is 8.78 Å². The Morgan fingerprint density at radius 3 is 2.17 bits per heavy atom. The molecule has 2 atom stereocenters. The molecule has 0 spiro atoms. The Bertz CT molecular complexity index is 2840. The summed E-state index contributed by atoms with van der Waals surface area (Å²) < 4.78 is 73.1. The summed E-state index contributed by atoms with van der Waals surface area (Å²) in [4.78, 5) is 64.8. The normalized spacial score (nSPS) is 21.3. The first-order valence-corrected chi connectivity index (χ1v) is 23.5. The summed E-state index contributed by atoms with van der Waals surface area (Å²) in [6.07, 6.45) is 6.54. The lowest BCUT2D eigenvalue weighted by Crippen LogP contribution is -2.52. The van der Waals surface area contributed by atoms with Crippen molar-refractivity contribution in [2.45, 2.75) is 63.7 Å². The molecule has 18 heteroatoms. The van der Waals surface area contributed by atoms with Crippen LogP contribution in [0.15, 0.2) is 73.1 Å². The number of aromatic amines is 1. The van der Waals surface area contributed by atoms with Crippen LogP contribution < -0.4 is 19.8 Å². The Labute approximate surface area is 373 Å². The highest BCUT2D eigenvalue weighted by Gasteiger charge is 2.40. The molecule has 14 nitrogen and oxygen atoms in total. The van der Waals surface area contributed by atoms with Crippen LogP contribution in [0.4, 0.5) is 30.2 Å². The predicted octanol–water partition coefficient (Wildman–Crippen LogP) is 6.33. The first-order valence-electron chi connectivity index (χ1n) is 22.1. The zero-order valence-corrected chi connectivity index (χ0v) is 36.2. The number of carbonyl (C=O) groups is 4. The standard InChI is InChI=1S/C47H47F3N8O6S/c48-32-15-20-57(26-32)65(63,64)54-39-8-7-38(49)42(43(39)50)44(60)37-24-52-45-36(37)22-30(23-51-45)27-1-3-33(4-2-27)55-16-11-28(12-17-55)29-13-18-56(19-14-29)34-5-6-35-31(21-34)25-58(47(35)62)40-9-10-41(59)53-46(40)61/h1-8,21-24,28-29,32,40,54H,9-20,25-26H2,(H,51,52)(H,53,59,61)/t32-,40?/m1/s1. The molecular formula is C47H47F3N8O6S. The van der Waals surface area contributed by atoms with Gasteiger partial charge in [-0.2, -0.15) is 12.7 Å². The number of hydrogen-bond acceptors (Lipinski definition) is 9. The van der Waals surface area contributed by atoms with E-state index in [1.807, 2.05) is 29.0 Å². The number of hydrogen-bond donors (Lipinski definition) is 3. The van der Waals surface area contributed by atoms with Crippen LogP contribution in [0, 0.1) is 23.5 Å². The maximum absolute atomic E-state index is 15.8. The molecule has 4 saturated heterocycles. The Kier molecular flexibility index (Phi) is 11.1. The number of anilines is 3. The summed E-state index contributed by atoms with van der Waals surface area (Å²) in [5, 5.41) is 2.70. The smallest absolute Gasteiger partial charge is 0.301 e. The zero-order valence-electron chi connectivity index (χ0n) is 35.4. The molecule has 1 unspecified atom stereocenters. The molecule has 3 amide bonds. The van der Waals surface area contributed by atoms with E-state index in [4.69, 9.17) is 0 Å². The summed E-state index contributed by atoms with van der Waals surface area (Å²) in [6, 6.07) is 16.8. The lowest BCUT2D eigenvalue weighted by atomic mass is 9.78. The van der Waals surface area contributed by atoms with Crippen LogP contribution in [0.3, 0.4) is 0 Å². The van der Waals surface area contributed by atoms with E-state index in [1.54, 1.807) is 17.2 Å². The molecule has 0 radical (unpaired) electrons. The molecule has 338 valence electrons. The maximum atomic E-state index is 15.8. The number of aromatic nitrogens is 2. The van der Waals surface area contributed by atoms with Gasteiger partial charge in [0.25, 0.3) is 5.91 Å². The molecule has 5 aromatic rings. The van der Waals surface area contributed by atoms with Gasteiger partial charge in [0.15, 0.2) is 5.82 Å². The second kappa shape index (κ2) is 16.9. The van der Waals surface area contributed by atoms with Gasteiger partial charge in [-0.1, -0.05) is 12.1 Å². The summed E-state index contributed by atoms with van der Waals surface area (Å²) in [6.45, 7) is 3.61. The van der Waals surface area contributed by atoms with Gasteiger partial charge in [0.05, 0.1) is 11.3 Å². The molecule has 0 aliphatic carbocycles. The lowest BCUT2D eigenvalue weighted by molar-refractivity contribution is -0.136. The number of nitrogens with one attached hydrogen (secondary N) is 3. The predicted molar refractivity (Wildman–Crippen MR) is 237 cm³/mol. The molecule has 65 heavy (non-hydrogen) atoms. The number of rotatable bonds is 10. The van der Waals surface area contributed by atoms with Gasteiger partial charge >= 0.3 is 10.2 Å². The largest absolute Gasteiger partial charge is 0.372 e. The van der Waals surface area contributed by atoms with E-state index in [2.05, 4.69) is 43.3 Å². The van der Waals surface area contributed by atoms with Crippen molar-refractivity contribution < 1.29 is 40.8 Å². The molecule has 5 aliphatic rings. The minimum absolute atomic E-state index is 0.00373. The Balaban J connectivity index is 0.750. The van der Waals surface area contributed by atoms with Crippen LogP contribution in [0.5, 0.6) is 0 Å². The fourth-order valence-electron chi connectivity index (χ4n) is 10.3. The van der Waals surface area contributed by atoms with Crippen LogP contribution in [-0.4, -0.2) is 103 Å². The van der Waals surface area contributed by atoms with Crippen molar-refractivity contribution in [1.29, 1.82) is 0 Å². The second-order valence-electron chi connectivity index (χ2n) is 17.7. The van der Waals surface area contributed by atoms with Crippen molar-refractivity contribution in [1.82, 2.24) is 24.5 Å². The van der Waals surface area contributed by atoms with Gasteiger partial charge in [0.2, 0.25) is 17.6 Å². The third kappa shape index (κ3) is 8.11. The Morgan fingerprint density at radius 1 is 0.800 bits per heavy atom. The van der Waals surface area contributed by atoms with E-state index in [0.29, 0.717) is 47.0 Å². The van der Waals surface area contributed by atoms with Crippen molar-refractivity contribution in [3.8, 4) is 11.1 Å². The molecule has 3 aromatic carbocycles. The Morgan fingerprint density at radius 2 is 1.49 bits per heavy atom. The van der Waals surface area contributed by atoms with Gasteiger partial charge in [-0.05, 0) is 110 Å². The van der Waals surface area contributed by atoms with Crippen LogP contribution >= 0.6 is 0 Å². The fraction of sp³-hybridized carbons (Fsp3) is 0.383. The quantitative estimate of drug-likeness (QED) is 0.107. The number of halogens is 3. The molecule has 0 bridgehead atoms. The minimum Gasteiger partial charge on any atom is -0.372 e. The maximum Gasteiger partial charge on any atom is 0.301 e. The van der Waals surface area contributed by atoms with E-state index in [0.717, 1.165) is 90.8 Å². The topological polar surface area (TPSA) is 168 Å². The van der Waals surface area contributed by atoms with E-state index in [-0.39, 0.29) is 43.3 Å². The van der Waals surface area contributed by atoms with Crippen molar-refractivity contribution in [2.24, 2.45) is 11.8 Å². The molecule has 5 aliphatic heterocycles. The van der Waals surface area contributed by atoms with E-state index in [9.17, 15) is 32.0 Å². The number of ketones is 1. The summed E-state index contributed by atoms with van der Waals surface area (Å²) in [5.41, 5.74) is 3.96. The van der Waals surface area contributed by atoms with Crippen LogP contribution in [0.1, 0.15) is 76.8 Å². The SMILES string of the molecule is O=C1CCC(N2Cc3cc(N4CCC(C5CCN(c6ccc(-c7cnc8[nH]cc(C(=O)c9c(F)ccc(NS(=O)(=O)N%10CC[C@@H](F)C%10)c9F)c8c7)cc6)CC5)CC4)ccc3C2=O)C(=O)N1. The summed E-state index contributed by atoms with van der Waals surface area (Å²) >= 11 is 0. The van der Waals surface area contributed by atoms with Crippen molar-refractivity contribution in [3.05, 3.63) is 107 Å². The van der Waals surface area contributed by atoms with Crippen LogP contribution in [-0.2, 0) is 26.3 Å². The van der Waals surface area contributed by atoms with Crippen molar-refractivity contribution >= 4 is 61.8 Å². The molecule has 2 aromatic heterocycles. The first-order chi connectivity index (χ1) is 31.3. The van der Waals surface area contributed by atoms with Gasteiger partial charge in [-0.15, -0.1) is 0 Å². The number of imide groups is 1. The molecule has 10 rings (SSSR count). The number of piperidine rings is 3. The Hall–Kier alpha value is -6.27. The summed E-state index contributed by atoms with van der Waals surface area (Å²) in [7, 11) is -4.36. The minimum atomic E-state index is -4.36. The first kappa shape index (κ1) is 42.7. The van der Waals surface area contributed by atoms with Crippen LogP contribution in [0.25, 0.3) is 22.2 Å². The fourth-order valence-corrected chi connectivity index (χ4v) is 11.6. The highest BCUT2D eigenvalue weighted by atomic mass is 32.2. The van der Waals surface area contributed by atoms with Gasteiger partial charge < -0.3 is 19.7 Å². The zero-order chi connectivity index (χ0) is 45.1. The van der Waals surface area contributed by atoms with Crippen LogP contribution in [0.2, 0.25) is 0 Å². The lowest BCUT2D eigenvalue weighted by Gasteiger charge is -2.41. The average molecular weight is 909 g/mol. The number of fused-ring (bicyclic) bond motifs is 2. The molecule has 7 heterocycles. The van der Waals surface area contributed by atoms with Gasteiger partial charge in [-0.3, -0.25) is 29.2 Å². The van der Waals surface area contributed by atoms with Crippen molar-refractivity contribution in [2.75, 3.05) is 53.8 Å². The number of alkyl halides is 1. The number of nitrogens with zero attached hydrogens (tertiary/aromatic N) is 5. The number of carbonyl (C=O) groups excluding carboxylic acids is 4. The molecular weight excluding hydrogens is 862 g/mol. The number of pyridine rings is 1. The number of H-pyrrole nitrogens is 1. The number of amides is 3. The van der Waals surface area contributed by atoms with E-state index < -0.39 is 57.0 Å². The van der Waals surface area contributed by atoms with Gasteiger partial charge in [0.1, 0.15) is 23.7 Å². The van der Waals surface area contributed by atoms with E-state index in [1.165, 1.54) is 6.20 Å². The number of benzene rings is 3.